The summed E-state index contributed by atoms with van der Waals surface area (Å²) < 4.78 is 67.5. The Morgan fingerprint density at radius 3 is 2.35 bits per heavy atom. The highest BCUT2D eigenvalue weighted by atomic mass is 32.2. The molecule has 1 heterocycles. The topological polar surface area (TPSA) is 72.9 Å². The molecule has 0 spiro atoms. The van der Waals surface area contributed by atoms with Crippen molar-refractivity contribution < 1.29 is 35.3 Å². The van der Waals surface area contributed by atoms with Gasteiger partial charge in [-0.2, -0.15) is 21.6 Å². The minimum atomic E-state index is -5.69. The molecule has 1 aliphatic heterocycles. The SMILES string of the molecule is O=C(Oc1ccccc1)N1CC=C(OS(=O)(=O)C(F)(F)F)CC1. The normalized spacial score (nSPS) is 15.8. The van der Waals surface area contributed by atoms with E-state index in [9.17, 15) is 26.4 Å². The minimum absolute atomic E-state index is 0.0229. The number of nitrogens with zero attached hydrogens (tertiary/aromatic N) is 1. The van der Waals surface area contributed by atoms with Crippen molar-refractivity contribution in [3.8, 4) is 5.75 Å². The Bertz CT molecular complexity index is 700. The average molecular weight is 351 g/mol. The molecule has 1 aromatic rings. The number of para-hydroxylation sites is 1. The zero-order valence-electron chi connectivity index (χ0n) is 11.6. The highest BCUT2D eigenvalue weighted by Gasteiger charge is 2.49. The van der Waals surface area contributed by atoms with Crippen LogP contribution in [0.15, 0.2) is 42.2 Å². The van der Waals surface area contributed by atoms with E-state index in [1.54, 1.807) is 30.3 Å². The predicted octanol–water partition coefficient (Wildman–Crippen LogP) is 2.64. The molecule has 0 radical (unpaired) electrons. The van der Waals surface area contributed by atoms with Crippen molar-refractivity contribution in [2.24, 2.45) is 0 Å². The van der Waals surface area contributed by atoms with E-state index in [1.165, 1.54) is 4.90 Å². The van der Waals surface area contributed by atoms with Gasteiger partial charge in [0, 0.05) is 19.5 Å². The third-order valence-electron chi connectivity index (χ3n) is 2.87. The first-order chi connectivity index (χ1) is 10.7. The van der Waals surface area contributed by atoms with Crippen molar-refractivity contribution in [3.63, 3.8) is 0 Å². The average Bonchev–Trinajstić information content (AvgIpc) is 2.47. The molecule has 0 aromatic heterocycles. The van der Waals surface area contributed by atoms with Gasteiger partial charge in [-0.05, 0) is 18.2 Å². The summed E-state index contributed by atoms with van der Waals surface area (Å²) in [5, 5.41) is 0. The Morgan fingerprint density at radius 1 is 1.17 bits per heavy atom. The van der Waals surface area contributed by atoms with E-state index >= 15 is 0 Å². The van der Waals surface area contributed by atoms with E-state index in [0.29, 0.717) is 5.75 Å². The second-order valence-electron chi connectivity index (χ2n) is 4.53. The molecule has 23 heavy (non-hydrogen) atoms. The maximum absolute atomic E-state index is 12.2. The number of amides is 1. The Balaban J connectivity index is 1.94. The molecule has 1 aliphatic rings. The van der Waals surface area contributed by atoms with E-state index in [4.69, 9.17) is 4.74 Å². The number of carbonyl (C=O) groups excluding carboxylic acids is 1. The smallest absolute Gasteiger partial charge is 0.410 e. The highest BCUT2D eigenvalue weighted by molar-refractivity contribution is 7.87. The van der Waals surface area contributed by atoms with Gasteiger partial charge in [-0.1, -0.05) is 18.2 Å². The molecule has 10 heteroatoms. The molecule has 1 aromatic carbocycles. The molecular formula is C13H12F3NO5S. The van der Waals surface area contributed by atoms with Crippen LogP contribution in [0.1, 0.15) is 6.42 Å². The van der Waals surface area contributed by atoms with Crippen LogP contribution < -0.4 is 4.74 Å². The van der Waals surface area contributed by atoms with E-state index in [-0.39, 0.29) is 25.3 Å². The lowest BCUT2D eigenvalue weighted by Gasteiger charge is -2.25. The van der Waals surface area contributed by atoms with E-state index < -0.39 is 21.7 Å². The number of hydrogen-bond acceptors (Lipinski definition) is 5. The van der Waals surface area contributed by atoms with Crippen LogP contribution >= 0.6 is 0 Å². The fourth-order valence-electron chi connectivity index (χ4n) is 1.73. The van der Waals surface area contributed by atoms with Crippen LogP contribution in [0, 0.1) is 0 Å². The number of hydrogen-bond donors (Lipinski definition) is 0. The highest BCUT2D eigenvalue weighted by Crippen LogP contribution is 2.28. The van der Waals surface area contributed by atoms with Gasteiger partial charge < -0.3 is 13.8 Å². The Hall–Kier alpha value is -2.23. The fraction of sp³-hybridized carbons (Fsp3) is 0.308. The maximum atomic E-state index is 12.2. The molecule has 0 saturated heterocycles. The molecule has 0 aliphatic carbocycles. The Labute approximate surface area is 130 Å². The molecule has 2 rings (SSSR count). The van der Waals surface area contributed by atoms with Crippen molar-refractivity contribution in [1.82, 2.24) is 4.90 Å². The van der Waals surface area contributed by atoms with Crippen molar-refractivity contribution >= 4 is 16.2 Å². The summed E-state index contributed by atoms with van der Waals surface area (Å²) in [6.45, 7) is -0.140. The van der Waals surface area contributed by atoms with Crippen LogP contribution in [-0.2, 0) is 14.3 Å². The maximum Gasteiger partial charge on any atom is 0.534 e. The van der Waals surface area contributed by atoms with Gasteiger partial charge in [0.1, 0.15) is 11.5 Å². The summed E-state index contributed by atoms with van der Waals surface area (Å²) in [5.74, 6) is -0.0331. The molecular weight excluding hydrogens is 339 g/mol. The number of rotatable bonds is 3. The van der Waals surface area contributed by atoms with Crippen LogP contribution in [0.25, 0.3) is 0 Å². The third kappa shape index (κ3) is 4.38. The number of benzene rings is 1. The summed E-state index contributed by atoms with van der Waals surface area (Å²) in [4.78, 5) is 13.1. The molecule has 0 N–H and O–H groups in total. The molecule has 0 unspecified atom stereocenters. The summed E-state index contributed by atoms with van der Waals surface area (Å²) in [6, 6.07) is 8.23. The third-order valence-corrected chi connectivity index (χ3v) is 3.87. The van der Waals surface area contributed by atoms with Gasteiger partial charge in [-0.25, -0.2) is 4.79 Å². The summed E-state index contributed by atoms with van der Waals surface area (Å²) in [7, 11) is -5.69. The largest absolute Gasteiger partial charge is 0.534 e. The van der Waals surface area contributed by atoms with E-state index in [0.717, 1.165) is 6.08 Å². The fourth-order valence-corrected chi connectivity index (χ4v) is 2.26. The minimum Gasteiger partial charge on any atom is -0.410 e. The monoisotopic (exact) mass is 351 g/mol. The standard InChI is InChI=1S/C13H12F3NO5S/c14-13(15,16)23(19,20)22-11-6-8-17(9-7-11)12(18)21-10-4-2-1-3-5-10/h1-6H,7-9H2. The lowest BCUT2D eigenvalue weighted by Crippen LogP contribution is -2.37. The Morgan fingerprint density at radius 2 is 1.83 bits per heavy atom. The summed E-state index contributed by atoms with van der Waals surface area (Å²) in [5.41, 5.74) is -5.49. The molecule has 0 saturated carbocycles. The van der Waals surface area contributed by atoms with Crippen LogP contribution in [-0.4, -0.2) is 38.0 Å². The van der Waals surface area contributed by atoms with Crippen LogP contribution in [0.2, 0.25) is 0 Å². The van der Waals surface area contributed by atoms with Crippen molar-refractivity contribution in [2.75, 3.05) is 13.1 Å². The first kappa shape index (κ1) is 17.1. The summed E-state index contributed by atoms with van der Waals surface area (Å²) in [6.07, 6.45) is 0.239. The van der Waals surface area contributed by atoms with Crippen LogP contribution in [0.5, 0.6) is 5.75 Å². The number of carbonyl (C=O) groups is 1. The van der Waals surface area contributed by atoms with Gasteiger partial charge in [0.2, 0.25) is 0 Å². The van der Waals surface area contributed by atoms with Crippen molar-refractivity contribution in [3.05, 3.63) is 42.2 Å². The molecule has 126 valence electrons. The lowest BCUT2D eigenvalue weighted by molar-refractivity contribution is -0.0525. The Kier molecular flexibility index (Phi) is 4.83. The zero-order chi connectivity index (χ0) is 17.1. The number of halogens is 3. The van der Waals surface area contributed by atoms with Crippen molar-refractivity contribution in [1.29, 1.82) is 0 Å². The molecule has 0 atom stereocenters. The van der Waals surface area contributed by atoms with E-state index in [1.807, 2.05) is 0 Å². The van der Waals surface area contributed by atoms with Gasteiger partial charge in [-0.15, -0.1) is 0 Å². The van der Waals surface area contributed by atoms with Gasteiger partial charge in [0.05, 0.1) is 0 Å². The van der Waals surface area contributed by atoms with E-state index in [2.05, 4.69) is 4.18 Å². The van der Waals surface area contributed by atoms with Gasteiger partial charge in [-0.3, -0.25) is 0 Å². The lowest BCUT2D eigenvalue weighted by atomic mass is 10.2. The molecule has 6 nitrogen and oxygen atoms in total. The molecule has 0 fully saturated rings. The van der Waals surface area contributed by atoms with Crippen LogP contribution in [0.4, 0.5) is 18.0 Å². The van der Waals surface area contributed by atoms with Gasteiger partial charge in [0.15, 0.2) is 0 Å². The summed E-state index contributed by atoms with van der Waals surface area (Å²) >= 11 is 0. The van der Waals surface area contributed by atoms with Gasteiger partial charge in [0.25, 0.3) is 0 Å². The van der Waals surface area contributed by atoms with Crippen molar-refractivity contribution in [2.45, 2.75) is 11.9 Å². The predicted molar refractivity (Wildman–Crippen MR) is 72.8 cm³/mol. The number of alkyl halides is 3. The first-order valence-corrected chi connectivity index (χ1v) is 7.81. The first-order valence-electron chi connectivity index (χ1n) is 6.40. The second-order valence-corrected chi connectivity index (χ2v) is 6.07. The second kappa shape index (κ2) is 6.49. The van der Waals surface area contributed by atoms with Gasteiger partial charge >= 0.3 is 21.7 Å². The number of ether oxygens (including phenoxy) is 1. The van der Waals surface area contributed by atoms with Crippen LogP contribution in [0.3, 0.4) is 0 Å². The molecule has 0 bridgehead atoms. The quantitative estimate of drug-likeness (QED) is 0.618. The molecule has 1 amide bonds. The zero-order valence-corrected chi connectivity index (χ0v) is 12.4.